The minimum Gasteiger partial charge on any atom is -0.481 e. The highest BCUT2D eigenvalue weighted by molar-refractivity contribution is 5.67. The molecule has 1 aromatic heterocycles. The van der Waals surface area contributed by atoms with Gasteiger partial charge in [0.15, 0.2) is 0 Å². The van der Waals surface area contributed by atoms with Crippen molar-refractivity contribution in [1.82, 2.24) is 9.97 Å². The van der Waals surface area contributed by atoms with Crippen LogP contribution >= 0.6 is 0 Å². The van der Waals surface area contributed by atoms with Crippen LogP contribution in [0, 0.1) is 0 Å². The highest BCUT2D eigenvalue weighted by Gasteiger charge is 2.16. The molecule has 0 aliphatic rings. The van der Waals surface area contributed by atoms with Crippen molar-refractivity contribution >= 4 is 5.97 Å². The first-order valence-corrected chi connectivity index (χ1v) is 4.45. The average molecular weight is 182 g/mol. The Morgan fingerprint density at radius 1 is 1.77 bits per heavy atom. The molecule has 1 rings (SSSR count). The zero-order valence-electron chi connectivity index (χ0n) is 7.66. The third-order valence-electron chi connectivity index (χ3n) is 1.96. The summed E-state index contributed by atoms with van der Waals surface area (Å²) in [5.41, 5.74) is 0. The van der Waals surface area contributed by atoms with Crippen molar-refractivity contribution in [3.8, 4) is 0 Å². The molecule has 0 bridgehead atoms. The highest BCUT2D eigenvalue weighted by atomic mass is 16.4. The molecule has 0 saturated heterocycles. The van der Waals surface area contributed by atoms with Gasteiger partial charge in [-0.2, -0.15) is 0 Å². The van der Waals surface area contributed by atoms with Crippen molar-refractivity contribution < 1.29 is 9.90 Å². The maximum atomic E-state index is 10.5. The maximum absolute atomic E-state index is 10.5. The van der Waals surface area contributed by atoms with Gasteiger partial charge in [-0.15, -0.1) is 0 Å². The molecule has 4 nitrogen and oxygen atoms in total. The van der Waals surface area contributed by atoms with Crippen LogP contribution in [0.25, 0.3) is 0 Å². The third-order valence-corrected chi connectivity index (χ3v) is 1.96. The molecular weight excluding hydrogens is 168 g/mol. The predicted molar refractivity (Wildman–Crippen MR) is 48.5 cm³/mol. The number of aromatic nitrogens is 2. The van der Waals surface area contributed by atoms with Gasteiger partial charge in [-0.1, -0.05) is 13.3 Å². The van der Waals surface area contributed by atoms with Gasteiger partial charge in [-0.05, 0) is 6.42 Å². The number of rotatable bonds is 5. The fourth-order valence-electron chi connectivity index (χ4n) is 1.40. The number of H-pyrrole nitrogens is 1. The molecular formula is C9H14N2O2. The number of aliphatic carboxylic acids is 1. The third kappa shape index (κ3) is 2.89. The summed E-state index contributed by atoms with van der Waals surface area (Å²) in [4.78, 5) is 17.6. The summed E-state index contributed by atoms with van der Waals surface area (Å²) >= 11 is 0. The van der Waals surface area contributed by atoms with Crippen molar-refractivity contribution in [2.75, 3.05) is 0 Å². The zero-order chi connectivity index (χ0) is 9.68. The van der Waals surface area contributed by atoms with Crippen LogP contribution in [0.15, 0.2) is 12.4 Å². The fraction of sp³-hybridized carbons (Fsp3) is 0.556. The van der Waals surface area contributed by atoms with Crippen LogP contribution in [0.3, 0.4) is 0 Å². The van der Waals surface area contributed by atoms with Gasteiger partial charge in [0.2, 0.25) is 0 Å². The Morgan fingerprint density at radius 3 is 3.00 bits per heavy atom. The molecule has 1 heterocycles. The summed E-state index contributed by atoms with van der Waals surface area (Å²) in [6, 6.07) is 0. The predicted octanol–water partition coefficient (Wildman–Crippen LogP) is 1.77. The molecule has 0 saturated carbocycles. The minimum atomic E-state index is -0.769. The molecule has 2 N–H and O–H groups in total. The summed E-state index contributed by atoms with van der Waals surface area (Å²) in [6.07, 6.45) is 5.36. The van der Waals surface area contributed by atoms with Crippen molar-refractivity contribution in [3.05, 3.63) is 18.2 Å². The first-order valence-electron chi connectivity index (χ1n) is 4.45. The number of carboxylic acid groups (broad SMARTS) is 1. The standard InChI is InChI=1S/C9H14N2O2/c1-2-3-7(6-8(12)13)9-10-4-5-11-9/h4-5,7H,2-3,6H2,1H3,(H,10,11)(H,12,13). The van der Waals surface area contributed by atoms with Crippen LogP contribution < -0.4 is 0 Å². The minimum absolute atomic E-state index is 0.0255. The van der Waals surface area contributed by atoms with Gasteiger partial charge < -0.3 is 10.1 Å². The van der Waals surface area contributed by atoms with E-state index in [4.69, 9.17) is 5.11 Å². The van der Waals surface area contributed by atoms with Gasteiger partial charge in [-0.3, -0.25) is 4.79 Å². The normalized spacial score (nSPS) is 12.7. The van der Waals surface area contributed by atoms with Crippen LogP contribution in [0.4, 0.5) is 0 Å². The lowest BCUT2D eigenvalue weighted by Crippen LogP contribution is -2.07. The van der Waals surface area contributed by atoms with Gasteiger partial charge >= 0.3 is 5.97 Å². The molecule has 0 aliphatic heterocycles. The van der Waals surface area contributed by atoms with E-state index in [1.807, 2.05) is 6.92 Å². The number of carbonyl (C=O) groups is 1. The quantitative estimate of drug-likeness (QED) is 0.729. The average Bonchev–Trinajstić information content (AvgIpc) is 2.54. The molecule has 13 heavy (non-hydrogen) atoms. The Kier molecular flexibility index (Phi) is 3.49. The molecule has 1 unspecified atom stereocenters. The molecule has 0 aromatic carbocycles. The molecule has 0 aliphatic carbocycles. The van der Waals surface area contributed by atoms with Gasteiger partial charge in [0, 0.05) is 18.3 Å². The monoisotopic (exact) mass is 182 g/mol. The first-order chi connectivity index (χ1) is 6.24. The van der Waals surface area contributed by atoms with Crippen LogP contribution in [-0.4, -0.2) is 21.0 Å². The SMILES string of the molecule is CCCC(CC(=O)O)c1ncc[nH]1. The molecule has 0 fully saturated rings. The number of imidazole rings is 1. The number of hydrogen-bond acceptors (Lipinski definition) is 2. The van der Waals surface area contributed by atoms with Gasteiger partial charge in [0.25, 0.3) is 0 Å². The van der Waals surface area contributed by atoms with Crippen molar-refractivity contribution in [3.63, 3.8) is 0 Å². The van der Waals surface area contributed by atoms with E-state index in [2.05, 4.69) is 9.97 Å². The number of hydrogen-bond donors (Lipinski definition) is 2. The Balaban J connectivity index is 2.62. The van der Waals surface area contributed by atoms with Crippen LogP contribution in [0.1, 0.15) is 37.9 Å². The van der Waals surface area contributed by atoms with E-state index in [1.54, 1.807) is 12.4 Å². The maximum Gasteiger partial charge on any atom is 0.304 e. The molecule has 0 spiro atoms. The van der Waals surface area contributed by atoms with Crippen LogP contribution in [-0.2, 0) is 4.79 Å². The van der Waals surface area contributed by atoms with Crippen molar-refractivity contribution in [1.29, 1.82) is 0 Å². The molecule has 1 atom stereocenters. The largest absolute Gasteiger partial charge is 0.481 e. The molecule has 72 valence electrons. The summed E-state index contributed by atoms with van der Waals surface area (Å²) in [5.74, 6) is 0.0385. The molecule has 1 aromatic rings. The summed E-state index contributed by atoms with van der Waals surface area (Å²) in [7, 11) is 0. The first kappa shape index (κ1) is 9.77. The molecule has 0 amide bonds. The summed E-state index contributed by atoms with van der Waals surface area (Å²) in [5, 5.41) is 8.67. The second-order valence-corrected chi connectivity index (χ2v) is 3.06. The van der Waals surface area contributed by atoms with E-state index in [0.29, 0.717) is 0 Å². The second kappa shape index (κ2) is 4.64. The lowest BCUT2D eigenvalue weighted by atomic mass is 9.99. The van der Waals surface area contributed by atoms with Gasteiger partial charge in [0.05, 0.1) is 6.42 Å². The van der Waals surface area contributed by atoms with E-state index in [-0.39, 0.29) is 12.3 Å². The number of aromatic amines is 1. The highest BCUT2D eigenvalue weighted by Crippen LogP contribution is 2.21. The van der Waals surface area contributed by atoms with E-state index >= 15 is 0 Å². The van der Waals surface area contributed by atoms with E-state index in [1.165, 1.54) is 0 Å². The Bertz CT molecular complexity index is 257. The summed E-state index contributed by atoms with van der Waals surface area (Å²) < 4.78 is 0. The topological polar surface area (TPSA) is 66.0 Å². The van der Waals surface area contributed by atoms with Crippen LogP contribution in [0.2, 0.25) is 0 Å². The number of carboxylic acids is 1. The number of nitrogens with one attached hydrogen (secondary N) is 1. The van der Waals surface area contributed by atoms with Crippen molar-refractivity contribution in [2.45, 2.75) is 32.1 Å². The van der Waals surface area contributed by atoms with E-state index in [0.717, 1.165) is 18.7 Å². The lowest BCUT2D eigenvalue weighted by molar-refractivity contribution is -0.137. The lowest BCUT2D eigenvalue weighted by Gasteiger charge is -2.09. The Hall–Kier alpha value is -1.32. The van der Waals surface area contributed by atoms with Gasteiger partial charge in [0.1, 0.15) is 5.82 Å². The Labute approximate surface area is 77.0 Å². The number of nitrogens with zero attached hydrogens (tertiary/aromatic N) is 1. The van der Waals surface area contributed by atoms with E-state index in [9.17, 15) is 4.79 Å². The second-order valence-electron chi connectivity index (χ2n) is 3.06. The van der Waals surface area contributed by atoms with Crippen molar-refractivity contribution in [2.24, 2.45) is 0 Å². The van der Waals surface area contributed by atoms with E-state index < -0.39 is 5.97 Å². The Morgan fingerprint density at radius 2 is 2.54 bits per heavy atom. The fourth-order valence-corrected chi connectivity index (χ4v) is 1.40. The van der Waals surface area contributed by atoms with Gasteiger partial charge in [-0.25, -0.2) is 4.98 Å². The molecule has 0 radical (unpaired) electrons. The zero-order valence-corrected chi connectivity index (χ0v) is 7.66. The smallest absolute Gasteiger partial charge is 0.304 e. The molecule has 4 heteroatoms. The van der Waals surface area contributed by atoms with Crippen LogP contribution in [0.5, 0.6) is 0 Å². The summed E-state index contributed by atoms with van der Waals surface area (Å²) in [6.45, 7) is 2.04.